The molecule has 3 rings (SSSR count). The Balaban J connectivity index is 2.31. The van der Waals surface area contributed by atoms with Gasteiger partial charge in [-0.15, -0.1) is 0 Å². The molecule has 0 bridgehead atoms. The third-order valence-corrected chi connectivity index (χ3v) is 4.13. The maximum absolute atomic E-state index is 14.7. The molecule has 1 N–H and O–H groups in total. The Labute approximate surface area is 153 Å². The van der Waals surface area contributed by atoms with Gasteiger partial charge in [0.05, 0.1) is 23.4 Å². The number of aryl methyl sites for hydroxylation is 1. The lowest BCUT2D eigenvalue weighted by molar-refractivity contribution is 0.336. The number of H-pyrrole nitrogens is 1. The number of halogens is 3. The Bertz CT molecular complexity index is 994. The topological polar surface area (TPSA) is 55.0 Å². The number of aromatic amines is 1. The lowest BCUT2D eigenvalue weighted by Gasteiger charge is -2.14. The van der Waals surface area contributed by atoms with Crippen LogP contribution in [-0.4, -0.2) is 16.8 Å². The zero-order valence-corrected chi connectivity index (χ0v) is 14.8. The molecule has 0 spiro atoms. The summed E-state index contributed by atoms with van der Waals surface area (Å²) in [5.41, 5.74) is 0.0979. The minimum atomic E-state index is -0.889. The van der Waals surface area contributed by atoms with Crippen molar-refractivity contribution in [3.8, 4) is 28.0 Å². The van der Waals surface area contributed by atoms with Gasteiger partial charge in [0.1, 0.15) is 17.4 Å². The summed E-state index contributed by atoms with van der Waals surface area (Å²) in [7, 11) is 0. The van der Waals surface area contributed by atoms with E-state index in [0.717, 1.165) is 12.1 Å². The first kappa shape index (κ1) is 18.1. The van der Waals surface area contributed by atoms with E-state index >= 15 is 0 Å². The molecule has 134 valence electrons. The van der Waals surface area contributed by atoms with Gasteiger partial charge in [-0.1, -0.05) is 23.7 Å². The number of rotatable bonds is 4. The van der Waals surface area contributed by atoms with Gasteiger partial charge in [0, 0.05) is 22.7 Å². The highest BCUT2D eigenvalue weighted by molar-refractivity contribution is 6.30. The maximum Gasteiger partial charge on any atom is 0.272 e. The van der Waals surface area contributed by atoms with Gasteiger partial charge < -0.3 is 4.74 Å². The molecule has 1 heterocycles. The lowest BCUT2D eigenvalue weighted by atomic mass is 9.94. The quantitative estimate of drug-likeness (QED) is 0.715. The van der Waals surface area contributed by atoms with Crippen LogP contribution >= 0.6 is 11.6 Å². The molecule has 1 aromatic heterocycles. The highest BCUT2D eigenvalue weighted by atomic mass is 35.5. The number of ether oxygens (including phenoxy) is 1. The standard InChI is InChI=1S/C19H15ClF2N2O2/c1-3-26-13-8-14(21)17(15(22)9-13)18-16(10(2)23-24-19(18)25)11-4-6-12(20)7-5-11/h4-9H,3H2,1-2H3,(H,24,25). The molecule has 0 unspecified atom stereocenters. The van der Waals surface area contributed by atoms with E-state index in [0.29, 0.717) is 21.8 Å². The fraction of sp³-hybridized carbons (Fsp3) is 0.158. The normalized spacial score (nSPS) is 10.8. The van der Waals surface area contributed by atoms with Crippen LogP contribution in [-0.2, 0) is 0 Å². The van der Waals surface area contributed by atoms with Crippen molar-refractivity contribution >= 4 is 11.6 Å². The van der Waals surface area contributed by atoms with Gasteiger partial charge in [0.2, 0.25) is 0 Å². The molecule has 3 aromatic rings. The summed E-state index contributed by atoms with van der Waals surface area (Å²) in [4.78, 5) is 12.4. The molecule has 0 saturated heterocycles. The van der Waals surface area contributed by atoms with Crippen LogP contribution in [0.1, 0.15) is 12.6 Å². The van der Waals surface area contributed by atoms with Gasteiger partial charge in [-0.25, -0.2) is 13.9 Å². The molecule has 0 aliphatic rings. The summed E-state index contributed by atoms with van der Waals surface area (Å²) in [5, 5.41) is 6.72. The van der Waals surface area contributed by atoms with Crippen LogP contribution in [0.15, 0.2) is 41.2 Å². The predicted molar refractivity (Wildman–Crippen MR) is 96.6 cm³/mol. The van der Waals surface area contributed by atoms with Crippen LogP contribution in [0.3, 0.4) is 0 Å². The first-order valence-corrected chi connectivity index (χ1v) is 8.27. The molecule has 4 nitrogen and oxygen atoms in total. The van der Waals surface area contributed by atoms with Crippen molar-refractivity contribution in [3.05, 3.63) is 69.1 Å². The fourth-order valence-electron chi connectivity index (χ4n) is 2.79. The van der Waals surface area contributed by atoms with Gasteiger partial charge in [-0.2, -0.15) is 5.10 Å². The van der Waals surface area contributed by atoms with Crippen LogP contribution in [0.25, 0.3) is 22.3 Å². The number of nitrogens with zero attached hydrogens (tertiary/aromatic N) is 1. The van der Waals surface area contributed by atoms with Crippen LogP contribution in [0.2, 0.25) is 5.02 Å². The molecule has 0 atom stereocenters. The summed E-state index contributed by atoms with van der Waals surface area (Å²) >= 11 is 5.91. The fourth-order valence-corrected chi connectivity index (χ4v) is 2.91. The molecule has 7 heteroatoms. The molecule has 0 saturated carbocycles. The predicted octanol–water partition coefficient (Wildman–Crippen LogP) is 4.74. The van der Waals surface area contributed by atoms with Gasteiger partial charge >= 0.3 is 0 Å². The molecular formula is C19H15ClF2N2O2. The Hall–Kier alpha value is -2.73. The molecule has 0 aliphatic heterocycles. The smallest absolute Gasteiger partial charge is 0.272 e. The van der Waals surface area contributed by atoms with Crippen molar-refractivity contribution in [2.75, 3.05) is 6.61 Å². The monoisotopic (exact) mass is 376 g/mol. The minimum Gasteiger partial charge on any atom is -0.494 e. The van der Waals surface area contributed by atoms with E-state index in [-0.39, 0.29) is 17.9 Å². The molecular weight excluding hydrogens is 362 g/mol. The van der Waals surface area contributed by atoms with Crippen molar-refractivity contribution in [1.29, 1.82) is 0 Å². The van der Waals surface area contributed by atoms with Gasteiger partial charge in [-0.05, 0) is 31.5 Å². The van der Waals surface area contributed by atoms with Crippen LogP contribution in [0.4, 0.5) is 8.78 Å². The van der Waals surface area contributed by atoms with E-state index in [1.807, 2.05) is 0 Å². The summed E-state index contributed by atoms with van der Waals surface area (Å²) < 4.78 is 34.5. The van der Waals surface area contributed by atoms with E-state index < -0.39 is 22.8 Å². The number of aromatic nitrogens is 2. The van der Waals surface area contributed by atoms with E-state index in [2.05, 4.69) is 10.2 Å². The molecule has 0 radical (unpaired) electrons. The molecule has 26 heavy (non-hydrogen) atoms. The van der Waals surface area contributed by atoms with Gasteiger partial charge in [0.15, 0.2) is 0 Å². The Morgan fingerprint density at radius 3 is 2.27 bits per heavy atom. The molecule has 0 amide bonds. The number of benzene rings is 2. The lowest BCUT2D eigenvalue weighted by Crippen LogP contribution is -2.16. The largest absolute Gasteiger partial charge is 0.494 e. The minimum absolute atomic E-state index is 0.0569. The van der Waals surface area contributed by atoms with Crippen LogP contribution < -0.4 is 10.3 Å². The van der Waals surface area contributed by atoms with E-state index in [1.54, 1.807) is 38.1 Å². The van der Waals surface area contributed by atoms with Crippen molar-refractivity contribution < 1.29 is 13.5 Å². The number of hydrogen-bond acceptors (Lipinski definition) is 3. The average Bonchev–Trinajstić information content (AvgIpc) is 2.59. The zero-order chi connectivity index (χ0) is 18.8. The zero-order valence-electron chi connectivity index (χ0n) is 14.1. The van der Waals surface area contributed by atoms with E-state index in [4.69, 9.17) is 16.3 Å². The van der Waals surface area contributed by atoms with E-state index in [1.165, 1.54) is 0 Å². The van der Waals surface area contributed by atoms with Crippen molar-refractivity contribution in [2.45, 2.75) is 13.8 Å². The second-order valence-corrected chi connectivity index (χ2v) is 6.03. The van der Waals surface area contributed by atoms with Gasteiger partial charge in [-0.3, -0.25) is 4.79 Å². The highest BCUT2D eigenvalue weighted by Crippen LogP contribution is 2.36. The third-order valence-electron chi connectivity index (χ3n) is 3.87. The van der Waals surface area contributed by atoms with Crippen molar-refractivity contribution in [3.63, 3.8) is 0 Å². The Morgan fingerprint density at radius 1 is 1.08 bits per heavy atom. The van der Waals surface area contributed by atoms with Crippen LogP contribution in [0.5, 0.6) is 5.75 Å². The van der Waals surface area contributed by atoms with Crippen LogP contribution in [0, 0.1) is 18.6 Å². The highest BCUT2D eigenvalue weighted by Gasteiger charge is 2.23. The average molecular weight is 377 g/mol. The second-order valence-electron chi connectivity index (χ2n) is 5.59. The van der Waals surface area contributed by atoms with Gasteiger partial charge in [0.25, 0.3) is 5.56 Å². The SMILES string of the molecule is CCOc1cc(F)c(-c2c(-c3ccc(Cl)cc3)c(C)n[nH]c2=O)c(F)c1. The third kappa shape index (κ3) is 3.32. The second kappa shape index (κ2) is 7.25. The first-order valence-electron chi connectivity index (χ1n) is 7.89. The number of nitrogens with one attached hydrogen (secondary N) is 1. The summed E-state index contributed by atoms with van der Waals surface area (Å²) in [5.74, 6) is -1.72. The summed E-state index contributed by atoms with van der Waals surface area (Å²) in [6, 6.07) is 8.71. The van der Waals surface area contributed by atoms with Crippen molar-refractivity contribution in [2.24, 2.45) is 0 Å². The molecule has 0 fully saturated rings. The Kier molecular flexibility index (Phi) is 5.04. The van der Waals surface area contributed by atoms with E-state index in [9.17, 15) is 13.6 Å². The molecule has 0 aliphatic carbocycles. The molecule has 2 aromatic carbocycles. The summed E-state index contributed by atoms with van der Waals surface area (Å²) in [6.45, 7) is 3.62. The van der Waals surface area contributed by atoms with Crippen molar-refractivity contribution in [1.82, 2.24) is 10.2 Å². The summed E-state index contributed by atoms with van der Waals surface area (Å²) in [6.07, 6.45) is 0. The number of hydrogen-bond donors (Lipinski definition) is 1. The Morgan fingerprint density at radius 2 is 1.69 bits per heavy atom. The maximum atomic E-state index is 14.7. The first-order chi connectivity index (χ1) is 12.4.